The standard InChI is InChI=1S/C6H5ClN4/c1-11-3-10-6-4(5(11)7)8-2-9-6/h2-3H,1H3. The van der Waals surface area contributed by atoms with Gasteiger partial charge in [0.05, 0.1) is 6.33 Å². The van der Waals surface area contributed by atoms with Gasteiger partial charge in [-0.2, -0.15) is 0 Å². The van der Waals surface area contributed by atoms with E-state index in [1.165, 1.54) is 6.33 Å². The molecular formula is C6H5ClN4. The third-order valence-electron chi connectivity index (χ3n) is 1.44. The Morgan fingerprint density at radius 2 is 2.18 bits per heavy atom. The molecule has 56 valence electrons. The molecule has 0 saturated carbocycles. The van der Waals surface area contributed by atoms with Crippen molar-refractivity contribution in [1.29, 1.82) is 0 Å². The van der Waals surface area contributed by atoms with Crippen molar-refractivity contribution < 1.29 is 0 Å². The Bertz CT molecular complexity index is 356. The Labute approximate surface area is 68.2 Å². The average Bonchev–Trinajstić information content (AvgIpc) is 2.45. The summed E-state index contributed by atoms with van der Waals surface area (Å²) in [5.74, 6) is 0.591. The van der Waals surface area contributed by atoms with Gasteiger partial charge in [-0.25, -0.2) is 15.0 Å². The molecule has 0 atom stereocenters. The van der Waals surface area contributed by atoms with Crippen LogP contribution in [-0.4, -0.2) is 19.5 Å². The van der Waals surface area contributed by atoms with E-state index >= 15 is 0 Å². The summed E-state index contributed by atoms with van der Waals surface area (Å²) < 4.78 is 1.69. The molecule has 11 heavy (non-hydrogen) atoms. The number of imidazole rings is 1. The van der Waals surface area contributed by atoms with Crippen molar-refractivity contribution in [3.8, 4) is 11.5 Å². The summed E-state index contributed by atoms with van der Waals surface area (Å²) in [5, 5.41) is 0.563. The quantitative estimate of drug-likeness (QED) is 0.551. The molecule has 0 unspecified atom stereocenters. The van der Waals surface area contributed by atoms with E-state index < -0.39 is 0 Å². The van der Waals surface area contributed by atoms with Gasteiger partial charge >= 0.3 is 0 Å². The zero-order valence-electron chi connectivity index (χ0n) is 5.82. The van der Waals surface area contributed by atoms with Crippen LogP contribution < -0.4 is 0 Å². The molecule has 0 aromatic heterocycles. The SMILES string of the molecule is Cn1cnc2ncnc-2c1Cl. The average molecular weight is 169 g/mol. The molecule has 2 aliphatic rings. The first-order chi connectivity index (χ1) is 5.29. The van der Waals surface area contributed by atoms with Gasteiger partial charge in [-0.15, -0.1) is 0 Å². The highest BCUT2D eigenvalue weighted by molar-refractivity contribution is 6.31. The van der Waals surface area contributed by atoms with Gasteiger partial charge < -0.3 is 4.57 Å². The zero-order chi connectivity index (χ0) is 7.84. The number of nitrogens with zero attached hydrogens (tertiary/aromatic N) is 4. The number of fused-ring (bicyclic) bond motifs is 1. The molecule has 2 rings (SSSR count). The fraction of sp³-hybridized carbons (Fsp3) is 0.167. The first kappa shape index (κ1) is 6.54. The van der Waals surface area contributed by atoms with Crippen LogP contribution in [0.25, 0.3) is 11.5 Å². The van der Waals surface area contributed by atoms with E-state index in [4.69, 9.17) is 11.6 Å². The number of aryl methyl sites for hydroxylation is 1. The molecule has 0 N–H and O–H groups in total. The Balaban J connectivity index is 2.81. The summed E-state index contributed by atoms with van der Waals surface area (Å²) in [7, 11) is 1.81. The van der Waals surface area contributed by atoms with Crippen LogP contribution >= 0.6 is 11.6 Å². The van der Waals surface area contributed by atoms with Crippen LogP contribution in [0.2, 0.25) is 5.15 Å². The minimum absolute atomic E-state index is 0.563. The van der Waals surface area contributed by atoms with E-state index in [1.54, 1.807) is 10.9 Å². The van der Waals surface area contributed by atoms with E-state index in [-0.39, 0.29) is 0 Å². The van der Waals surface area contributed by atoms with Gasteiger partial charge in [0.25, 0.3) is 0 Å². The number of halogens is 1. The van der Waals surface area contributed by atoms with E-state index in [2.05, 4.69) is 15.0 Å². The molecule has 0 aromatic carbocycles. The maximum Gasteiger partial charge on any atom is 0.184 e. The van der Waals surface area contributed by atoms with Crippen molar-refractivity contribution in [3.63, 3.8) is 0 Å². The third kappa shape index (κ3) is 0.867. The summed E-state index contributed by atoms with van der Waals surface area (Å²) in [6.45, 7) is 0. The molecule has 0 bridgehead atoms. The molecule has 0 aliphatic carbocycles. The summed E-state index contributed by atoms with van der Waals surface area (Å²) in [6.07, 6.45) is 3.06. The van der Waals surface area contributed by atoms with E-state index in [1.807, 2.05) is 7.05 Å². The Morgan fingerprint density at radius 3 is 3.00 bits per heavy atom. The lowest BCUT2D eigenvalue weighted by molar-refractivity contribution is 0.859. The van der Waals surface area contributed by atoms with Gasteiger partial charge in [0.1, 0.15) is 17.2 Å². The largest absolute Gasteiger partial charge is 0.324 e. The smallest absolute Gasteiger partial charge is 0.184 e. The predicted octanol–water partition coefficient (Wildman–Crippen LogP) is 0.968. The van der Waals surface area contributed by atoms with Crippen molar-refractivity contribution in [2.75, 3.05) is 0 Å². The van der Waals surface area contributed by atoms with Crippen molar-refractivity contribution in [3.05, 3.63) is 17.8 Å². The van der Waals surface area contributed by atoms with Crippen molar-refractivity contribution in [2.45, 2.75) is 0 Å². The van der Waals surface area contributed by atoms with Crippen LogP contribution in [0.1, 0.15) is 0 Å². The minimum atomic E-state index is 0.563. The monoisotopic (exact) mass is 168 g/mol. The summed E-state index contributed by atoms with van der Waals surface area (Å²) >= 11 is 5.89. The molecule has 0 radical (unpaired) electrons. The van der Waals surface area contributed by atoms with E-state index in [0.717, 1.165) is 0 Å². The molecule has 0 aromatic rings. The van der Waals surface area contributed by atoms with E-state index in [9.17, 15) is 0 Å². The molecule has 0 amide bonds. The summed E-state index contributed by atoms with van der Waals surface area (Å²) in [6, 6.07) is 0. The van der Waals surface area contributed by atoms with Crippen molar-refractivity contribution >= 4 is 11.6 Å². The van der Waals surface area contributed by atoms with Gasteiger partial charge in [0.15, 0.2) is 5.82 Å². The highest BCUT2D eigenvalue weighted by Gasteiger charge is 2.11. The second kappa shape index (κ2) is 2.17. The van der Waals surface area contributed by atoms with Gasteiger partial charge in [-0.1, -0.05) is 11.6 Å². The molecular weight excluding hydrogens is 164 g/mol. The van der Waals surface area contributed by atoms with E-state index in [0.29, 0.717) is 16.7 Å². The maximum atomic E-state index is 5.89. The fourth-order valence-electron chi connectivity index (χ4n) is 0.859. The molecule has 5 heteroatoms. The lowest BCUT2D eigenvalue weighted by atomic mass is 10.4. The number of hydrogen-bond acceptors (Lipinski definition) is 3. The number of rotatable bonds is 0. The van der Waals surface area contributed by atoms with Crippen LogP contribution in [0.4, 0.5) is 0 Å². The second-order valence-electron chi connectivity index (χ2n) is 2.19. The molecule has 0 fully saturated rings. The molecule has 2 aliphatic heterocycles. The predicted molar refractivity (Wildman–Crippen MR) is 40.4 cm³/mol. The Morgan fingerprint density at radius 1 is 1.36 bits per heavy atom. The van der Waals surface area contributed by atoms with Gasteiger partial charge in [-0.05, 0) is 0 Å². The Kier molecular flexibility index (Phi) is 1.29. The van der Waals surface area contributed by atoms with Crippen molar-refractivity contribution in [2.24, 2.45) is 7.05 Å². The normalized spacial score (nSPS) is 10.7. The molecule has 4 nitrogen and oxygen atoms in total. The molecule has 0 spiro atoms. The second-order valence-corrected chi connectivity index (χ2v) is 2.55. The number of aromatic nitrogens is 4. The van der Waals surface area contributed by atoms with Gasteiger partial charge in [-0.3, -0.25) is 0 Å². The first-order valence-corrected chi connectivity index (χ1v) is 3.44. The topological polar surface area (TPSA) is 43.6 Å². The van der Waals surface area contributed by atoms with Crippen LogP contribution in [-0.2, 0) is 7.05 Å². The Hall–Kier alpha value is -1.16. The lowest BCUT2D eigenvalue weighted by Crippen LogP contribution is -1.98. The van der Waals surface area contributed by atoms with Gasteiger partial charge in [0.2, 0.25) is 0 Å². The van der Waals surface area contributed by atoms with Gasteiger partial charge in [0, 0.05) is 7.05 Å². The first-order valence-electron chi connectivity index (χ1n) is 3.06. The maximum absolute atomic E-state index is 5.89. The minimum Gasteiger partial charge on any atom is -0.324 e. The highest BCUT2D eigenvalue weighted by atomic mass is 35.5. The zero-order valence-corrected chi connectivity index (χ0v) is 6.58. The highest BCUT2D eigenvalue weighted by Crippen LogP contribution is 2.22. The fourth-order valence-corrected chi connectivity index (χ4v) is 1.04. The lowest BCUT2D eigenvalue weighted by Gasteiger charge is -2.02. The van der Waals surface area contributed by atoms with Crippen LogP contribution in [0.5, 0.6) is 0 Å². The molecule has 2 heterocycles. The summed E-state index contributed by atoms with van der Waals surface area (Å²) in [4.78, 5) is 11.9. The van der Waals surface area contributed by atoms with Crippen LogP contribution in [0, 0.1) is 0 Å². The van der Waals surface area contributed by atoms with Crippen LogP contribution in [0.15, 0.2) is 12.7 Å². The van der Waals surface area contributed by atoms with Crippen LogP contribution in [0.3, 0.4) is 0 Å². The van der Waals surface area contributed by atoms with Crippen molar-refractivity contribution in [1.82, 2.24) is 19.5 Å². The summed E-state index contributed by atoms with van der Waals surface area (Å²) in [5.41, 5.74) is 0.650. The number of hydrogen-bond donors (Lipinski definition) is 0. The molecule has 0 saturated heterocycles. The third-order valence-corrected chi connectivity index (χ3v) is 1.88.